The standard InChI is InChI=1S/C16H30N2O2/c1-4-11-18(5-2)14-9-10-16(12-14,15(19)20-6-3)17-13-7-8-13/h13-14,17H,4-12H2,1-3H3. The van der Waals surface area contributed by atoms with E-state index >= 15 is 0 Å². The van der Waals surface area contributed by atoms with Gasteiger partial charge in [-0.05, 0) is 58.5 Å². The third-order valence-corrected chi connectivity index (χ3v) is 4.65. The summed E-state index contributed by atoms with van der Waals surface area (Å²) in [5, 5.41) is 3.60. The summed E-state index contributed by atoms with van der Waals surface area (Å²) >= 11 is 0. The van der Waals surface area contributed by atoms with Crippen molar-refractivity contribution in [3.63, 3.8) is 0 Å². The van der Waals surface area contributed by atoms with Crippen LogP contribution in [0.15, 0.2) is 0 Å². The number of esters is 1. The minimum atomic E-state index is -0.414. The fraction of sp³-hybridized carbons (Fsp3) is 0.938. The van der Waals surface area contributed by atoms with Gasteiger partial charge >= 0.3 is 5.97 Å². The van der Waals surface area contributed by atoms with Gasteiger partial charge in [-0.2, -0.15) is 0 Å². The number of nitrogens with zero attached hydrogens (tertiary/aromatic N) is 1. The monoisotopic (exact) mass is 282 g/mol. The lowest BCUT2D eigenvalue weighted by molar-refractivity contribution is -0.151. The Labute approximate surface area is 123 Å². The molecule has 4 nitrogen and oxygen atoms in total. The van der Waals surface area contributed by atoms with Crippen molar-refractivity contribution in [3.8, 4) is 0 Å². The average Bonchev–Trinajstić information content (AvgIpc) is 3.14. The number of nitrogens with one attached hydrogen (secondary N) is 1. The highest BCUT2D eigenvalue weighted by atomic mass is 16.5. The Hall–Kier alpha value is -0.610. The SMILES string of the molecule is CCCN(CC)C1CCC(NC2CC2)(C(=O)OCC)C1. The predicted octanol–water partition coefficient (Wildman–Crippen LogP) is 2.32. The van der Waals surface area contributed by atoms with Gasteiger partial charge in [0.05, 0.1) is 6.61 Å². The van der Waals surface area contributed by atoms with Gasteiger partial charge in [-0.1, -0.05) is 13.8 Å². The minimum Gasteiger partial charge on any atom is -0.465 e. The van der Waals surface area contributed by atoms with E-state index in [2.05, 4.69) is 24.1 Å². The van der Waals surface area contributed by atoms with Crippen LogP contribution in [0.5, 0.6) is 0 Å². The Balaban J connectivity index is 2.03. The van der Waals surface area contributed by atoms with Gasteiger partial charge < -0.3 is 9.64 Å². The highest BCUT2D eigenvalue weighted by Gasteiger charge is 2.49. The molecule has 0 radical (unpaired) electrons. The van der Waals surface area contributed by atoms with Gasteiger partial charge in [-0.15, -0.1) is 0 Å². The van der Waals surface area contributed by atoms with Crippen LogP contribution in [0.2, 0.25) is 0 Å². The molecule has 0 aliphatic heterocycles. The molecule has 0 aromatic rings. The lowest BCUT2D eigenvalue weighted by atomic mass is 9.96. The van der Waals surface area contributed by atoms with E-state index < -0.39 is 5.54 Å². The zero-order valence-electron chi connectivity index (χ0n) is 13.3. The van der Waals surface area contributed by atoms with Crippen LogP contribution in [0.3, 0.4) is 0 Å². The van der Waals surface area contributed by atoms with Crippen molar-refractivity contribution >= 4 is 5.97 Å². The molecule has 0 spiro atoms. The van der Waals surface area contributed by atoms with Crippen molar-refractivity contribution in [1.82, 2.24) is 10.2 Å². The highest BCUT2D eigenvalue weighted by Crippen LogP contribution is 2.37. The molecule has 116 valence electrons. The lowest BCUT2D eigenvalue weighted by Crippen LogP contribution is -2.53. The van der Waals surface area contributed by atoms with E-state index in [-0.39, 0.29) is 5.97 Å². The molecule has 0 aromatic carbocycles. The van der Waals surface area contributed by atoms with Crippen LogP contribution >= 0.6 is 0 Å². The van der Waals surface area contributed by atoms with Crippen molar-refractivity contribution in [2.75, 3.05) is 19.7 Å². The summed E-state index contributed by atoms with van der Waals surface area (Å²) in [5.41, 5.74) is -0.414. The molecule has 2 fully saturated rings. The summed E-state index contributed by atoms with van der Waals surface area (Å²) in [6.45, 7) is 9.01. The van der Waals surface area contributed by atoms with Gasteiger partial charge in [-0.25, -0.2) is 0 Å². The first-order chi connectivity index (χ1) is 9.65. The van der Waals surface area contributed by atoms with Gasteiger partial charge in [0.15, 0.2) is 0 Å². The molecule has 2 atom stereocenters. The quantitative estimate of drug-likeness (QED) is 0.694. The molecule has 2 aliphatic rings. The molecule has 2 rings (SSSR count). The molecular formula is C16H30N2O2. The molecular weight excluding hydrogens is 252 g/mol. The average molecular weight is 282 g/mol. The van der Waals surface area contributed by atoms with E-state index in [0.29, 0.717) is 18.7 Å². The van der Waals surface area contributed by atoms with Crippen molar-refractivity contribution in [2.24, 2.45) is 0 Å². The van der Waals surface area contributed by atoms with Gasteiger partial charge in [-0.3, -0.25) is 10.1 Å². The summed E-state index contributed by atoms with van der Waals surface area (Å²) in [6, 6.07) is 1.06. The summed E-state index contributed by atoms with van der Waals surface area (Å²) in [6.07, 6.45) is 6.53. The number of carbonyl (C=O) groups excluding carboxylic acids is 1. The Kier molecular flexibility index (Phi) is 5.44. The Morgan fingerprint density at radius 3 is 2.60 bits per heavy atom. The van der Waals surface area contributed by atoms with Crippen molar-refractivity contribution in [3.05, 3.63) is 0 Å². The molecule has 0 aromatic heterocycles. The second-order valence-corrected chi connectivity index (χ2v) is 6.25. The largest absolute Gasteiger partial charge is 0.465 e. The normalized spacial score (nSPS) is 29.9. The third kappa shape index (κ3) is 3.53. The number of ether oxygens (including phenoxy) is 1. The maximum absolute atomic E-state index is 12.4. The van der Waals surface area contributed by atoms with E-state index in [4.69, 9.17) is 4.74 Å². The maximum atomic E-state index is 12.4. The van der Waals surface area contributed by atoms with Crippen LogP contribution in [-0.2, 0) is 9.53 Å². The van der Waals surface area contributed by atoms with Crippen molar-refractivity contribution < 1.29 is 9.53 Å². The summed E-state index contributed by atoms with van der Waals surface area (Å²) in [4.78, 5) is 15.0. The van der Waals surface area contributed by atoms with E-state index in [0.717, 1.165) is 32.4 Å². The molecule has 0 saturated heterocycles. The molecule has 2 unspecified atom stereocenters. The second kappa shape index (κ2) is 6.90. The fourth-order valence-electron chi connectivity index (χ4n) is 3.48. The van der Waals surface area contributed by atoms with Crippen molar-refractivity contribution in [2.45, 2.75) is 76.9 Å². The Morgan fingerprint density at radius 2 is 2.05 bits per heavy atom. The zero-order chi connectivity index (χ0) is 14.6. The van der Waals surface area contributed by atoms with Gasteiger partial charge in [0.1, 0.15) is 5.54 Å². The molecule has 2 saturated carbocycles. The van der Waals surface area contributed by atoms with Crippen LogP contribution < -0.4 is 5.32 Å². The van der Waals surface area contributed by atoms with Crippen LogP contribution in [0, 0.1) is 0 Å². The van der Waals surface area contributed by atoms with Crippen molar-refractivity contribution in [1.29, 1.82) is 0 Å². The summed E-state index contributed by atoms with van der Waals surface area (Å²) in [5.74, 6) is -0.0260. The maximum Gasteiger partial charge on any atom is 0.326 e. The fourth-order valence-corrected chi connectivity index (χ4v) is 3.48. The molecule has 4 heteroatoms. The van der Waals surface area contributed by atoms with E-state index in [1.165, 1.54) is 19.3 Å². The highest BCUT2D eigenvalue weighted by molar-refractivity contribution is 5.81. The number of rotatable bonds is 8. The topological polar surface area (TPSA) is 41.6 Å². The molecule has 0 heterocycles. The van der Waals surface area contributed by atoms with Crippen LogP contribution in [0.25, 0.3) is 0 Å². The predicted molar refractivity (Wildman–Crippen MR) is 80.7 cm³/mol. The lowest BCUT2D eigenvalue weighted by Gasteiger charge is -2.31. The van der Waals surface area contributed by atoms with E-state index in [9.17, 15) is 4.79 Å². The number of carbonyl (C=O) groups is 1. The third-order valence-electron chi connectivity index (χ3n) is 4.65. The summed E-state index contributed by atoms with van der Waals surface area (Å²) in [7, 11) is 0. The first-order valence-corrected chi connectivity index (χ1v) is 8.34. The van der Waals surface area contributed by atoms with Crippen LogP contribution in [-0.4, -0.2) is 48.2 Å². The van der Waals surface area contributed by atoms with Gasteiger partial charge in [0, 0.05) is 12.1 Å². The molecule has 0 bridgehead atoms. The minimum absolute atomic E-state index is 0.0260. The van der Waals surface area contributed by atoms with Gasteiger partial charge in [0.2, 0.25) is 0 Å². The van der Waals surface area contributed by atoms with Crippen LogP contribution in [0.4, 0.5) is 0 Å². The Bertz CT molecular complexity index is 330. The summed E-state index contributed by atoms with van der Waals surface area (Å²) < 4.78 is 5.36. The zero-order valence-corrected chi connectivity index (χ0v) is 13.3. The molecule has 0 amide bonds. The number of hydrogen-bond donors (Lipinski definition) is 1. The Morgan fingerprint density at radius 1 is 1.30 bits per heavy atom. The van der Waals surface area contributed by atoms with E-state index in [1.807, 2.05) is 6.92 Å². The smallest absolute Gasteiger partial charge is 0.326 e. The molecule has 20 heavy (non-hydrogen) atoms. The first kappa shape index (κ1) is 15.8. The van der Waals surface area contributed by atoms with Gasteiger partial charge in [0.25, 0.3) is 0 Å². The molecule has 2 aliphatic carbocycles. The second-order valence-electron chi connectivity index (χ2n) is 6.25. The number of hydrogen-bond acceptors (Lipinski definition) is 4. The van der Waals surface area contributed by atoms with Crippen LogP contribution in [0.1, 0.15) is 59.3 Å². The van der Waals surface area contributed by atoms with E-state index in [1.54, 1.807) is 0 Å². The molecule has 1 N–H and O–H groups in total. The first-order valence-electron chi connectivity index (χ1n) is 8.34.